The minimum absolute atomic E-state index is 0.103. The van der Waals surface area contributed by atoms with Crippen LogP contribution in [0.15, 0.2) is 53.6 Å². The highest BCUT2D eigenvalue weighted by Gasteiger charge is 2.23. The number of nitrogens with zero attached hydrogens (tertiary/aromatic N) is 2. The van der Waals surface area contributed by atoms with Crippen LogP contribution in [0.2, 0.25) is 5.02 Å². The molecule has 6 nitrogen and oxygen atoms in total. The standard InChI is InChI=1S/C21H24ClN3O3S/c1-4-25(5-2)29(27,28)16-10-11-18(22)19(13-16)23-21(26)12-15-14-24(3)20-9-7-6-8-17(15)20/h6-11,13-14H,4-5,12H2,1-3H3,(H,23,26). The third-order valence-corrected chi connectivity index (χ3v) is 7.26. The molecule has 1 amide bonds. The Labute approximate surface area is 176 Å². The molecule has 1 aromatic heterocycles. The number of aryl methyl sites for hydroxylation is 1. The quantitative estimate of drug-likeness (QED) is 0.611. The maximum Gasteiger partial charge on any atom is 0.243 e. The van der Waals surface area contributed by atoms with E-state index < -0.39 is 10.0 Å². The lowest BCUT2D eigenvalue weighted by molar-refractivity contribution is -0.115. The fourth-order valence-corrected chi connectivity index (χ4v) is 5.06. The molecule has 0 spiro atoms. The van der Waals surface area contributed by atoms with Crippen molar-refractivity contribution in [2.24, 2.45) is 7.05 Å². The summed E-state index contributed by atoms with van der Waals surface area (Å²) in [5, 5.41) is 4.05. The van der Waals surface area contributed by atoms with Crippen LogP contribution in [-0.2, 0) is 28.3 Å². The van der Waals surface area contributed by atoms with Crippen LogP contribution in [0.5, 0.6) is 0 Å². The number of aromatic nitrogens is 1. The Balaban J connectivity index is 1.85. The maximum atomic E-state index is 12.8. The van der Waals surface area contributed by atoms with Gasteiger partial charge in [0.15, 0.2) is 0 Å². The van der Waals surface area contributed by atoms with Gasteiger partial charge in [0.25, 0.3) is 0 Å². The zero-order chi connectivity index (χ0) is 21.2. The number of sulfonamides is 1. The summed E-state index contributed by atoms with van der Waals surface area (Å²) >= 11 is 6.21. The van der Waals surface area contributed by atoms with Crippen LogP contribution in [-0.4, -0.2) is 36.3 Å². The van der Waals surface area contributed by atoms with Gasteiger partial charge >= 0.3 is 0 Å². The van der Waals surface area contributed by atoms with E-state index in [1.54, 1.807) is 13.8 Å². The molecule has 0 unspecified atom stereocenters. The number of para-hydroxylation sites is 1. The zero-order valence-electron chi connectivity index (χ0n) is 16.6. The van der Waals surface area contributed by atoms with Gasteiger partial charge in [-0.25, -0.2) is 8.42 Å². The first-order valence-corrected chi connectivity index (χ1v) is 11.2. The zero-order valence-corrected chi connectivity index (χ0v) is 18.2. The van der Waals surface area contributed by atoms with E-state index in [1.165, 1.54) is 22.5 Å². The number of fused-ring (bicyclic) bond motifs is 1. The van der Waals surface area contributed by atoms with Crippen LogP contribution < -0.4 is 5.32 Å². The minimum Gasteiger partial charge on any atom is -0.350 e. The number of carbonyl (C=O) groups is 1. The summed E-state index contributed by atoms with van der Waals surface area (Å²) < 4.78 is 28.8. The second-order valence-corrected chi connectivity index (χ2v) is 9.08. The molecule has 154 valence electrons. The van der Waals surface area contributed by atoms with Crippen molar-refractivity contribution in [3.05, 3.63) is 59.2 Å². The molecule has 0 aliphatic carbocycles. The summed E-state index contributed by atoms with van der Waals surface area (Å²) in [6.07, 6.45) is 2.08. The van der Waals surface area contributed by atoms with E-state index in [9.17, 15) is 13.2 Å². The largest absolute Gasteiger partial charge is 0.350 e. The number of benzene rings is 2. The molecule has 0 aliphatic rings. The molecule has 1 N–H and O–H groups in total. The van der Waals surface area contributed by atoms with Crippen molar-refractivity contribution in [3.63, 3.8) is 0 Å². The highest BCUT2D eigenvalue weighted by molar-refractivity contribution is 7.89. The first kappa shape index (κ1) is 21.4. The number of hydrogen-bond donors (Lipinski definition) is 1. The fourth-order valence-electron chi connectivity index (χ4n) is 3.41. The number of nitrogens with one attached hydrogen (secondary N) is 1. The highest BCUT2D eigenvalue weighted by Crippen LogP contribution is 2.28. The molecule has 0 bridgehead atoms. The van der Waals surface area contributed by atoms with Crippen molar-refractivity contribution in [1.82, 2.24) is 8.87 Å². The van der Waals surface area contributed by atoms with Crippen molar-refractivity contribution >= 4 is 44.1 Å². The molecule has 0 saturated carbocycles. The SMILES string of the molecule is CCN(CC)S(=O)(=O)c1ccc(Cl)c(NC(=O)Cc2cn(C)c3ccccc23)c1. The van der Waals surface area contributed by atoms with Gasteiger partial charge in [-0.05, 0) is 29.8 Å². The van der Waals surface area contributed by atoms with Crippen molar-refractivity contribution < 1.29 is 13.2 Å². The summed E-state index contributed by atoms with van der Waals surface area (Å²) in [6, 6.07) is 12.2. The molecule has 3 rings (SSSR count). The van der Waals surface area contributed by atoms with Crippen LogP contribution in [0.1, 0.15) is 19.4 Å². The Morgan fingerprint density at radius 1 is 1.14 bits per heavy atom. The number of hydrogen-bond acceptors (Lipinski definition) is 3. The number of amides is 1. The monoisotopic (exact) mass is 433 g/mol. The summed E-state index contributed by atoms with van der Waals surface area (Å²) in [7, 11) is -1.71. The van der Waals surface area contributed by atoms with Gasteiger partial charge in [0, 0.05) is 37.2 Å². The predicted molar refractivity (Wildman–Crippen MR) is 117 cm³/mol. The molecule has 2 aromatic carbocycles. The van der Waals surface area contributed by atoms with E-state index in [2.05, 4.69) is 5.32 Å². The van der Waals surface area contributed by atoms with Gasteiger partial charge in [0.2, 0.25) is 15.9 Å². The lowest BCUT2D eigenvalue weighted by atomic mass is 10.1. The summed E-state index contributed by atoms with van der Waals surface area (Å²) in [5.41, 5.74) is 2.22. The lowest BCUT2D eigenvalue weighted by Gasteiger charge is -2.19. The van der Waals surface area contributed by atoms with Gasteiger partial charge in [-0.1, -0.05) is 43.6 Å². The van der Waals surface area contributed by atoms with E-state index in [-0.39, 0.29) is 27.9 Å². The topological polar surface area (TPSA) is 71.4 Å². The Kier molecular flexibility index (Phi) is 6.31. The summed E-state index contributed by atoms with van der Waals surface area (Å²) in [6.45, 7) is 4.29. The molecule has 1 heterocycles. The van der Waals surface area contributed by atoms with Gasteiger partial charge in [0.1, 0.15) is 0 Å². The van der Waals surface area contributed by atoms with Crippen molar-refractivity contribution in [2.75, 3.05) is 18.4 Å². The van der Waals surface area contributed by atoms with Crippen molar-refractivity contribution in [1.29, 1.82) is 0 Å². The summed E-state index contributed by atoms with van der Waals surface area (Å²) in [4.78, 5) is 12.8. The molecular weight excluding hydrogens is 410 g/mol. The van der Waals surface area contributed by atoms with E-state index in [0.717, 1.165) is 16.5 Å². The van der Waals surface area contributed by atoms with E-state index >= 15 is 0 Å². The predicted octanol–water partition coefficient (Wildman–Crippen LogP) is 4.04. The first-order chi connectivity index (χ1) is 13.8. The van der Waals surface area contributed by atoms with Crippen molar-refractivity contribution in [2.45, 2.75) is 25.2 Å². The van der Waals surface area contributed by atoms with E-state index in [4.69, 9.17) is 11.6 Å². The third-order valence-electron chi connectivity index (χ3n) is 4.89. The van der Waals surface area contributed by atoms with Crippen LogP contribution in [0.4, 0.5) is 5.69 Å². The second kappa shape index (κ2) is 8.57. The molecule has 0 radical (unpaired) electrons. The maximum absolute atomic E-state index is 12.8. The van der Waals surface area contributed by atoms with Gasteiger partial charge in [-0.3, -0.25) is 4.79 Å². The fraction of sp³-hybridized carbons (Fsp3) is 0.286. The normalized spacial score (nSPS) is 11.9. The smallest absolute Gasteiger partial charge is 0.243 e. The third kappa shape index (κ3) is 4.32. The lowest BCUT2D eigenvalue weighted by Crippen LogP contribution is -2.30. The minimum atomic E-state index is -3.64. The Bertz CT molecular complexity index is 1150. The van der Waals surface area contributed by atoms with Crippen LogP contribution in [0.3, 0.4) is 0 Å². The second-order valence-electron chi connectivity index (χ2n) is 6.74. The molecule has 0 saturated heterocycles. The van der Waals surface area contributed by atoms with Gasteiger partial charge < -0.3 is 9.88 Å². The van der Waals surface area contributed by atoms with E-state index in [0.29, 0.717) is 13.1 Å². The molecule has 0 fully saturated rings. The molecule has 29 heavy (non-hydrogen) atoms. The highest BCUT2D eigenvalue weighted by atomic mass is 35.5. The molecular formula is C21H24ClN3O3S. The Morgan fingerprint density at radius 3 is 2.52 bits per heavy atom. The number of halogens is 1. The molecule has 0 aliphatic heterocycles. The number of carbonyl (C=O) groups excluding carboxylic acids is 1. The Morgan fingerprint density at radius 2 is 1.83 bits per heavy atom. The van der Waals surface area contributed by atoms with Crippen LogP contribution in [0.25, 0.3) is 10.9 Å². The molecule has 3 aromatic rings. The first-order valence-electron chi connectivity index (χ1n) is 9.40. The Hall–Kier alpha value is -2.35. The van der Waals surface area contributed by atoms with Crippen LogP contribution >= 0.6 is 11.6 Å². The number of rotatable bonds is 7. The van der Waals surface area contributed by atoms with E-state index in [1.807, 2.05) is 42.1 Å². The average Bonchev–Trinajstić information content (AvgIpc) is 3.00. The van der Waals surface area contributed by atoms with Crippen LogP contribution in [0, 0.1) is 0 Å². The van der Waals surface area contributed by atoms with Gasteiger partial charge in [-0.15, -0.1) is 0 Å². The van der Waals surface area contributed by atoms with Gasteiger partial charge in [0.05, 0.1) is 22.0 Å². The molecule has 8 heteroatoms. The van der Waals surface area contributed by atoms with Gasteiger partial charge in [-0.2, -0.15) is 4.31 Å². The van der Waals surface area contributed by atoms with Crippen molar-refractivity contribution in [3.8, 4) is 0 Å². The average molecular weight is 434 g/mol. The number of anilines is 1. The molecule has 0 atom stereocenters. The summed E-state index contributed by atoms with van der Waals surface area (Å²) in [5.74, 6) is -0.263.